The van der Waals surface area contributed by atoms with Crippen LogP contribution >= 0.6 is 0 Å². The fraction of sp³-hybridized carbons (Fsp3) is 0.667. The molecule has 6 rings (SSSR count). The monoisotopic (exact) mass is 504 g/mol. The van der Waals surface area contributed by atoms with Gasteiger partial charge in [0, 0.05) is 37.3 Å². The maximum absolute atomic E-state index is 12.9. The van der Waals surface area contributed by atoms with Crippen molar-refractivity contribution in [3.63, 3.8) is 0 Å². The van der Waals surface area contributed by atoms with Gasteiger partial charge in [0.1, 0.15) is 5.75 Å². The van der Waals surface area contributed by atoms with Crippen LogP contribution in [0.4, 0.5) is 13.2 Å². The summed E-state index contributed by atoms with van der Waals surface area (Å²) in [5.41, 5.74) is 0.398. The lowest BCUT2D eigenvalue weighted by Gasteiger charge is -2.61. The van der Waals surface area contributed by atoms with Crippen molar-refractivity contribution in [2.75, 3.05) is 32.7 Å². The number of hydrogen-bond acceptors (Lipinski definition) is 5. The largest absolute Gasteiger partial charge is 0.508 e. The molecule has 196 valence electrons. The van der Waals surface area contributed by atoms with E-state index >= 15 is 0 Å². The number of halogens is 3. The van der Waals surface area contributed by atoms with Crippen LogP contribution in [0.5, 0.6) is 5.75 Å². The Bertz CT molecular complexity index is 1120. The third-order valence-corrected chi connectivity index (χ3v) is 9.34. The Hall–Kier alpha value is -2.10. The summed E-state index contributed by atoms with van der Waals surface area (Å²) in [5.74, 6) is 1.01. The lowest BCUT2D eigenvalue weighted by molar-refractivity contribution is -0.149. The highest BCUT2D eigenvalue weighted by molar-refractivity contribution is 5.48. The average Bonchev–Trinajstić information content (AvgIpc) is 3.54. The summed E-state index contributed by atoms with van der Waals surface area (Å²) in [6.45, 7) is 4.78. The number of phenolic OH excluding ortho intramolecular Hbond substituents is 1. The van der Waals surface area contributed by atoms with Crippen LogP contribution in [0.2, 0.25) is 0 Å². The van der Waals surface area contributed by atoms with Crippen molar-refractivity contribution in [3.8, 4) is 5.75 Å². The number of hydrogen-bond donors (Lipinski definition) is 2. The second kappa shape index (κ2) is 8.74. The number of benzene rings is 1. The highest BCUT2D eigenvalue weighted by Crippen LogP contribution is 2.56. The van der Waals surface area contributed by atoms with Gasteiger partial charge in [0.2, 0.25) is 0 Å². The number of aryl methyl sites for hydroxylation is 1. The molecule has 1 aromatic heterocycles. The van der Waals surface area contributed by atoms with Crippen LogP contribution in [-0.2, 0) is 24.6 Å². The highest BCUT2D eigenvalue weighted by atomic mass is 19.4. The van der Waals surface area contributed by atoms with Crippen LogP contribution in [0, 0.1) is 5.92 Å². The van der Waals surface area contributed by atoms with Gasteiger partial charge in [-0.25, -0.2) is 0 Å². The van der Waals surface area contributed by atoms with E-state index in [1.165, 1.54) is 23.1 Å². The average molecular weight is 505 g/mol. The molecule has 36 heavy (non-hydrogen) atoms. The SMILES string of the molecule is Oc1ccc2c(c1)C13CCN(CCCn4cc(C(F)(F)F)cn4)CCC1(O)C(C2)N(CC1CC1)CC3. The molecule has 2 saturated heterocycles. The predicted molar refractivity (Wildman–Crippen MR) is 129 cm³/mol. The van der Waals surface area contributed by atoms with E-state index in [1.54, 1.807) is 6.07 Å². The molecule has 0 spiro atoms. The van der Waals surface area contributed by atoms with Gasteiger partial charge in [0.25, 0.3) is 0 Å². The van der Waals surface area contributed by atoms with E-state index in [2.05, 4.69) is 14.9 Å². The summed E-state index contributed by atoms with van der Waals surface area (Å²) in [6.07, 6.45) is 4.00. The van der Waals surface area contributed by atoms with Crippen LogP contribution in [-0.4, -0.2) is 74.2 Å². The Balaban J connectivity index is 1.20. The van der Waals surface area contributed by atoms with E-state index in [1.807, 2.05) is 12.1 Å². The number of aromatic hydroxyl groups is 1. The number of phenols is 1. The van der Waals surface area contributed by atoms with Crippen molar-refractivity contribution in [1.82, 2.24) is 19.6 Å². The van der Waals surface area contributed by atoms with Gasteiger partial charge < -0.3 is 15.1 Å². The minimum Gasteiger partial charge on any atom is -0.508 e. The Labute approximate surface area is 209 Å². The molecular formula is C27H35F3N4O2. The molecule has 0 amide bonds. The molecular weight excluding hydrogens is 469 g/mol. The highest BCUT2D eigenvalue weighted by Gasteiger charge is 2.63. The molecule has 1 aromatic carbocycles. The first-order valence-corrected chi connectivity index (χ1v) is 13.3. The van der Waals surface area contributed by atoms with Gasteiger partial charge in [-0.2, -0.15) is 18.3 Å². The van der Waals surface area contributed by atoms with Crippen molar-refractivity contribution in [3.05, 3.63) is 47.3 Å². The van der Waals surface area contributed by atoms with Crippen molar-refractivity contribution >= 4 is 0 Å². The molecule has 3 fully saturated rings. The first-order chi connectivity index (χ1) is 17.2. The molecule has 4 aliphatic rings. The third-order valence-electron chi connectivity index (χ3n) is 9.34. The molecule has 2 bridgehead atoms. The van der Waals surface area contributed by atoms with Crippen LogP contribution < -0.4 is 0 Å². The second-order valence-electron chi connectivity index (χ2n) is 11.4. The van der Waals surface area contributed by atoms with Gasteiger partial charge in [-0.1, -0.05) is 6.07 Å². The fourth-order valence-electron chi connectivity index (χ4n) is 7.22. The van der Waals surface area contributed by atoms with E-state index in [0.29, 0.717) is 19.4 Å². The number of rotatable bonds is 6. The van der Waals surface area contributed by atoms with Crippen molar-refractivity contribution < 1.29 is 23.4 Å². The van der Waals surface area contributed by atoms with Gasteiger partial charge in [-0.05, 0) is 93.8 Å². The zero-order valence-corrected chi connectivity index (χ0v) is 20.6. The molecule has 1 saturated carbocycles. The van der Waals surface area contributed by atoms with E-state index in [-0.39, 0.29) is 17.2 Å². The van der Waals surface area contributed by atoms with Gasteiger partial charge in [-0.3, -0.25) is 9.58 Å². The minimum atomic E-state index is -4.37. The standard InChI is InChI=1S/C27H35F3N4O2/c28-27(29,30)21-16-31-34(18-21)10-1-9-32-11-6-25-7-13-33(17-19-2-3-19)24(26(25,36)8-12-32)14-20-4-5-22(35)15-23(20)25/h4-5,15-16,18-19,24,35-36H,1-3,6-14,17H2. The second-order valence-corrected chi connectivity index (χ2v) is 11.4. The maximum Gasteiger partial charge on any atom is 0.419 e. The summed E-state index contributed by atoms with van der Waals surface area (Å²) < 4.78 is 40.0. The number of aromatic nitrogens is 2. The van der Waals surface area contributed by atoms with Gasteiger partial charge in [-0.15, -0.1) is 0 Å². The van der Waals surface area contributed by atoms with Gasteiger partial charge in [0.15, 0.2) is 0 Å². The molecule has 2 N–H and O–H groups in total. The van der Waals surface area contributed by atoms with Crippen LogP contribution in [0.1, 0.15) is 55.2 Å². The fourth-order valence-corrected chi connectivity index (χ4v) is 7.22. The smallest absolute Gasteiger partial charge is 0.419 e. The van der Waals surface area contributed by atoms with Crippen molar-refractivity contribution in [2.45, 2.75) is 74.7 Å². The van der Waals surface area contributed by atoms with Gasteiger partial charge in [0.05, 0.1) is 17.4 Å². The number of nitrogens with zero attached hydrogens (tertiary/aromatic N) is 4. The lowest BCUT2D eigenvalue weighted by Crippen LogP contribution is -2.71. The molecule has 2 aromatic rings. The number of fused-ring (bicyclic) bond motifs is 1. The topological polar surface area (TPSA) is 64.8 Å². The molecule has 3 heterocycles. The first-order valence-electron chi connectivity index (χ1n) is 13.3. The summed E-state index contributed by atoms with van der Waals surface area (Å²) in [4.78, 5) is 4.89. The Morgan fingerprint density at radius 2 is 1.83 bits per heavy atom. The minimum absolute atomic E-state index is 0.0775. The quantitative estimate of drug-likeness (QED) is 0.627. The van der Waals surface area contributed by atoms with Crippen LogP contribution in [0.15, 0.2) is 30.6 Å². The molecule has 9 heteroatoms. The summed E-state index contributed by atoms with van der Waals surface area (Å²) in [5, 5.41) is 26.7. The molecule has 3 atom stereocenters. The van der Waals surface area contributed by atoms with Crippen LogP contribution in [0.3, 0.4) is 0 Å². The number of aliphatic hydroxyl groups is 1. The number of piperidine rings is 1. The molecule has 0 radical (unpaired) electrons. The molecule has 6 nitrogen and oxygen atoms in total. The summed E-state index contributed by atoms with van der Waals surface area (Å²) >= 11 is 0. The van der Waals surface area contributed by atoms with E-state index in [4.69, 9.17) is 0 Å². The van der Waals surface area contributed by atoms with E-state index in [9.17, 15) is 23.4 Å². The van der Waals surface area contributed by atoms with Gasteiger partial charge >= 0.3 is 6.18 Å². The number of alkyl halides is 3. The Kier molecular flexibility index (Phi) is 5.89. The zero-order valence-electron chi connectivity index (χ0n) is 20.6. The summed E-state index contributed by atoms with van der Waals surface area (Å²) in [6, 6.07) is 5.78. The normalized spacial score (nSPS) is 31.1. The molecule has 2 aliphatic heterocycles. The lowest BCUT2D eigenvalue weighted by atomic mass is 9.52. The molecule has 3 unspecified atom stereocenters. The number of likely N-dealkylation sites (tertiary alicyclic amines) is 2. The third kappa shape index (κ3) is 4.13. The van der Waals surface area contributed by atoms with E-state index in [0.717, 1.165) is 75.9 Å². The summed E-state index contributed by atoms with van der Waals surface area (Å²) in [7, 11) is 0. The van der Waals surface area contributed by atoms with Crippen LogP contribution in [0.25, 0.3) is 0 Å². The predicted octanol–water partition coefficient (Wildman–Crippen LogP) is 3.80. The Morgan fingerprint density at radius 1 is 1.06 bits per heavy atom. The van der Waals surface area contributed by atoms with Crippen molar-refractivity contribution in [1.29, 1.82) is 0 Å². The maximum atomic E-state index is 12.9. The van der Waals surface area contributed by atoms with Crippen molar-refractivity contribution in [2.24, 2.45) is 5.92 Å². The van der Waals surface area contributed by atoms with E-state index < -0.39 is 17.3 Å². The Morgan fingerprint density at radius 3 is 2.58 bits per heavy atom. The first kappa shape index (κ1) is 24.2. The zero-order chi connectivity index (χ0) is 25.1. The molecule has 2 aliphatic carbocycles.